The van der Waals surface area contributed by atoms with Crippen LogP contribution in [0, 0.1) is 0 Å². The summed E-state index contributed by atoms with van der Waals surface area (Å²) in [4.78, 5) is 11.6. The molecule has 112 valence electrons. The van der Waals surface area contributed by atoms with Gasteiger partial charge in [-0.15, -0.1) is 0 Å². The summed E-state index contributed by atoms with van der Waals surface area (Å²) in [7, 11) is 0. The van der Waals surface area contributed by atoms with Crippen molar-refractivity contribution in [3.05, 3.63) is 34.3 Å². The summed E-state index contributed by atoms with van der Waals surface area (Å²) in [6, 6.07) is 7.70. The zero-order valence-corrected chi connectivity index (χ0v) is 13.5. The van der Waals surface area contributed by atoms with E-state index in [0.29, 0.717) is 19.7 Å². The first-order valence-electron chi connectivity index (χ1n) is 7.07. The smallest absolute Gasteiger partial charge is 0.315 e. The highest BCUT2D eigenvalue weighted by Gasteiger charge is 2.02. The Bertz CT molecular complexity index is 399. The van der Waals surface area contributed by atoms with E-state index in [0.717, 1.165) is 35.9 Å². The van der Waals surface area contributed by atoms with Crippen molar-refractivity contribution in [3.63, 3.8) is 0 Å². The monoisotopic (exact) mass is 342 g/mol. The van der Waals surface area contributed by atoms with Crippen molar-refractivity contribution in [1.82, 2.24) is 10.6 Å². The van der Waals surface area contributed by atoms with Crippen LogP contribution < -0.4 is 10.6 Å². The van der Waals surface area contributed by atoms with Gasteiger partial charge in [-0.25, -0.2) is 4.79 Å². The van der Waals surface area contributed by atoms with Gasteiger partial charge in [-0.2, -0.15) is 0 Å². The average molecular weight is 343 g/mol. The molecule has 0 saturated heterocycles. The predicted octanol–water partition coefficient (Wildman–Crippen LogP) is 3.46. The van der Waals surface area contributed by atoms with Crippen LogP contribution >= 0.6 is 15.9 Å². The van der Waals surface area contributed by atoms with Crippen molar-refractivity contribution < 1.29 is 9.53 Å². The van der Waals surface area contributed by atoms with E-state index in [4.69, 9.17) is 4.74 Å². The molecule has 0 spiro atoms. The molecule has 0 unspecified atom stereocenters. The van der Waals surface area contributed by atoms with Crippen molar-refractivity contribution in [1.29, 1.82) is 0 Å². The molecule has 0 saturated carbocycles. The van der Waals surface area contributed by atoms with E-state index in [2.05, 4.69) is 33.5 Å². The largest absolute Gasteiger partial charge is 0.381 e. The van der Waals surface area contributed by atoms with Gasteiger partial charge >= 0.3 is 6.03 Å². The Hall–Kier alpha value is -1.07. The van der Waals surface area contributed by atoms with Crippen molar-refractivity contribution in [3.8, 4) is 0 Å². The van der Waals surface area contributed by atoms with E-state index < -0.39 is 0 Å². The molecule has 2 amide bonds. The number of hydrogen-bond acceptors (Lipinski definition) is 2. The van der Waals surface area contributed by atoms with E-state index in [1.807, 2.05) is 24.3 Å². The van der Waals surface area contributed by atoms with Crippen LogP contribution in [-0.2, 0) is 11.3 Å². The zero-order chi connectivity index (χ0) is 14.6. The standard InChI is InChI=1S/C15H23BrN2O2/c1-2-3-10-20-11-6-9-17-15(19)18-12-13-7-4-5-8-14(13)16/h4-5,7-8H,2-3,6,9-12H2,1H3,(H2,17,18,19). The van der Waals surface area contributed by atoms with Crippen LogP contribution in [0.15, 0.2) is 28.7 Å². The summed E-state index contributed by atoms with van der Waals surface area (Å²) in [5.41, 5.74) is 1.06. The quantitative estimate of drug-likeness (QED) is 0.675. The number of hydrogen-bond donors (Lipinski definition) is 2. The van der Waals surface area contributed by atoms with Crippen LogP contribution in [0.25, 0.3) is 0 Å². The topological polar surface area (TPSA) is 50.4 Å². The van der Waals surface area contributed by atoms with Gasteiger partial charge in [0.1, 0.15) is 0 Å². The first-order valence-corrected chi connectivity index (χ1v) is 7.86. The average Bonchev–Trinajstić information content (AvgIpc) is 2.45. The molecular weight excluding hydrogens is 320 g/mol. The highest BCUT2D eigenvalue weighted by Crippen LogP contribution is 2.15. The Labute approximate surface area is 129 Å². The maximum Gasteiger partial charge on any atom is 0.315 e. The Balaban J connectivity index is 2.05. The minimum Gasteiger partial charge on any atom is -0.381 e. The fourth-order valence-corrected chi connectivity index (χ4v) is 2.03. The van der Waals surface area contributed by atoms with Gasteiger partial charge in [-0.05, 0) is 24.5 Å². The normalized spacial score (nSPS) is 10.3. The number of benzene rings is 1. The Morgan fingerprint density at radius 2 is 1.95 bits per heavy atom. The molecule has 1 rings (SSSR count). The molecule has 20 heavy (non-hydrogen) atoms. The predicted molar refractivity (Wildman–Crippen MR) is 84.7 cm³/mol. The minimum atomic E-state index is -0.144. The van der Waals surface area contributed by atoms with Gasteiger partial charge < -0.3 is 15.4 Å². The lowest BCUT2D eigenvalue weighted by Gasteiger charge is -2.09. The molecule has 0 aliphatic heterocycles. The summed E-state index contributed by atoms with van der Waals surface area (Å²) in [6.07, 6.45) is 3.09. The third kappa shape index (κ3) is 7.50. The number of ether oxygens (including phenoxy) is 1. The molecule has 1 aromatic carbocycles. The number of halogens is 1. The number of carbonyl (C=O) groups excluding carboxylic acids is 1. The number of urea groups is 1. The molecule has 0 fully saturated rings. The van der Waals surface area contributed by atoms with E-state index in [9.17, 15) is 4.79 Å². The van der Waals surface area contributed by atoms with Crippen LogP contribution in [0.5, 0.6) is 0 Å². The van der Waals surface area contributed by atoms with Gasteiger partial charge in [0.25, 0.3) is 0 Å². The molecule has 0 bridgehead atoms. The molecule has 5 heteroatoms. The van der Waals surface area contributed by atoms with Crippen molar-refractivity contribution >= 4 is 22.0 Å². The summed E-state index contributed by atoms with van der Waals surface area (Å²) in [5, 5.41) is 5.65. The molecule has 0 heterocycles. The summed E-state index contributed by atoms with van der Waals surface area (Å²) in [5.74, 6) is 0. The van der Waals surface area contributed by atoms with Gasteiger partial charge in [0.2, 0.25) is 0 Å². The number of rotatable bonds is 9. The van der Waals surface area contributed by atoms with E-state index in [-0.39, 0.29) is 6.03 Å². The Kier molecular flexibility index (Phi) is 9.07. The molecule has 0 aliphatic carbocycles. The fraction of sp³-hybridized carbons (Fsp3) is 0.533. The van der Waals surface area contributed by atoms with Crippen molar-refractivity contribution in [2.75, 3.05) is 19.8 Å². The molecular formula is C15H23BrN2O2. The third-order valence-corrected chi connectivity index (χ3v) is 3.56. The van der Waals surface area contributed by atoms with Gasteiger partial charge in [-0.3, -0.25) is 0 Å². The van der Waals surface area contributed by atoms with Gasteiger partial charge in [0.15, 0.2) is 0 Å². The van der Waals surface area contributed by atoms with Crippen molar-refractivity contribution in [2.45, 2.75) is 32.7 Å². The summed E-state index contributed by atoms with van der Waals surface area (Å²) < 4.78 is 6.43. The van der Waals surface area contributed by atoms with Crippen LogP contribution in [0.1, 0.15) is 31.7 Å². The second kappa shape index (κ2) is 10.7. The lowest BCUT2D eigenvalue weighted by molar-refractivity contribution is 0.129. The highest BCUT2D eigenvalue weighted by molar-refractivity contribution is 9.10. The van der Waals surface area contributed by atoms with Crippen LogP contribution in [0.4, 0.5) is 4.79 Å². The van der Waals surface area contributed by atoms with Gasteiger partial charge in [0.05, 0.1) is 0 Å². The summed E-state index contributed by atoms with van der Waals surface area (Å²) in [6.45, 7) is 4.80. The van der Waals surface area contributed by atoms with Crippen molar-refractivity contribution in [2.24, 2.45) is 0 Å². The molecule has 2 N–H and O–H groups in total. The SMILES string of the molecule is CCCCOCCCNC(=O)NCc1ccccc1Br. The maximum atomic E-state index is 11.6. The lowest BCUT2D eigenvalue weighted by Crippen LogP contribution is -2.35. The first-order chi connectivity index (χ1) is 9.74. The number of unbranched alkanes of at least 4 members (excludes halogenated alkanes) is 1. The molecule has 0 radical (unpaired) electrons. The van der Waals surface area contributed by atoms with Crippen LogP contribution in [0.3, 0.4) is 0 Å². The molecule has 1 aromatic rings. The molecule has 0 aliphatic rings. The highest BCUT2D eigenvalue weighted by atomic mass is 79.9. The zero-order valence-electron chi connectivity index (χ0n) is 12.0. The number of amides is 2. The summed E-state index contributed by atoms with van der Waals surface area (Å²) >= 11 is 3.45. The minimum absolute atomic E-state index is 0.144. The fourth-order valence-electron chi connectivity index (χ4n) is 1.60. The Morgan fingerprint density at radius 3 is 2.70 bits per heavy atom. The van der Waals surface area contributed by atoms with Crippen LogP contribution in [0.2, 0.25) is 0 Å². The number of carbonyl (C=O) groups is 1. The number of nitrogens with one attached hydrogen (secondary N) is 2. The van der Waals surface area contributed by atoms with E-state index in [1.165, 1.54) is 0 Å². The first kappa shape index (κ1) is 17.0. The van der Waals surface area contributed by atoms with Crippen LogP contribution in [-0.4, -0.2) is 25.8 Å². The lowest BCUT2D eigenvalue weighted by atomic mass is 10.2. The van der Waals surface area contributed by atoms with Gasteiger partial charge in [0, 0.05) is 30.8 Å². The molecule has 0 aromatic heterocycles. The molecule has 4 nitrogen and oxygen atoms in total. The second-order valence-electron chi connectivity index (χ2n) is 4.52. The van der Waals surface area contributed by atoms with E-state index in [1.54, 1.807) is 0 Å². The third-order valence-electron chi connectivity index (χ3n) is 2.79. The maximum absolute atomic E-state index is 11.6. The second-order valence-corrected chi connectivity index (χ2v) is 5.37. The molecule has 0 atom stereocenters. The Morgan fingerprint density at radius 1 is 1.20 bits per heavy atom. The van der Waals surface area contributed by atoms with E-state index >= 15 is 0 Å². The van der Waals surface area contributed by atoms with Gasteiger partial charge in [-0.1, -0.05) is 47.5 Å².